The maximum atomic E-state index is 8.67. The van der Waals surface area contributed by atoms with Crippen LogP contribution in [0.25, 0.3) is 10.8 Å². The van der Waals surface area contributed by atoms with Gasteiger partial charge in [-0.1, -0.05) is 11.5 Å². The molecule has 3 nitrogen and oxygen atoms in total. The van der Waals surface area contributed by atoms with Gasteiger partial charge in [0, 0.05) is 24.4 Å². The molecule has 1 N–H and O–H groups in total. The predicted octanol–water partition coefficient (Wildman–Crippen LogP) is 1.57. The molecule has 92 valence electrons. The molecule has 1 heterocycles. The van der Waals surface area contributed by atoms with E-state index < -0.39 is 0 Å². The molecule has 0 spiro atoms. The molecule has 0 aliphatic heterocycles. The minimum absolute atomic E-state index is 0.251. The number of hydrogen-bond donors (Lipinski definition) is 1. The molecule has 0 saturated carbocycles. The Labute approximate surface area is 108 Å². The van der Waals surface area contributed by atoms with Gasteiger partial charge in [-0.15, -0.1) is 0 Å². The van der Waals surface area contributed by atoms with E-state index in [1.165, 1.54) is 0 Å². The van der Waals surface area contributed by atoms with Crippen molar-refractivity contribution in [3.05, 3.63) is 30.6 Å². The number of fused-ring (bicyclic) bond motifs is 1. The average molecular weight is 241 g/mol. The van der Waals surface area contributed by atoms with Crippen molar-refractivity contribution in [2.45, 2.75) is 19.3 Å². The van der Waals surface area contributed by atoms with Crippen molar-refractivity contribution in [1.82, 2.24) is 4.98 Å². The molecule has 1 aromatic carbocycles. The lowest BCUT2D eigenvalue weighted by molar-refractivity contribution is 0.266. The van der Waals surface area contributed by atoms with Crippen molar-refractivity contribution >= 4 is 24.1 Å². The van der Waals surface area contributed by atoms with E-state index in [2.05, 4.69) is 4.98 Å². The van der Waals surface area contributed by atoms with E-state index in [1.807, 2.05) is 18.2 Å². The Bertz CT molecular complexity index is 516. The number of nitrogens with zero attached hydrogens (tertiary/aromatic N) is 1. The lowest BCUT2D eigenvalue weighted by atomic mass is 9.93. The number of aliphatic hydroxyl groups excluding tert-OH is 1. The highest BCUT2D eigenvalue weighted by Gasteiger charge is 2.00. The second kappa shape index (κ2) is 6.40. The standard InChI is InChI=1S/C14H16BNO2/c15-14-10-16-9-11-8-12(4-5-13(11)14)18-7-3-1-2-6-17/h4-5,8-10,17H,1-3,6-7H2. The molecule has 2 aromatic rings. The summed E-state index contributed by atoms with van der Waals surface area (Å²) in [4.78, 5) is 4.07. The highest BCUT2D eigenvalue weighted by molar-refractivity contribution is 6.38. The number of hydrogen-bond acceptors (Lipinski definition) is 3. The molecule has 0 fully saturated rings. The quantitative estimate of drug-likeness (QED) is 0.616. The first-order chi connectivity index (χ1) is 8.81. The number of ether oxygens (including phenoxy) is 1. The summed E-state index contributed by atoms with van der Waals surface area (Å²) in [6, 6.07) is 5.82. The molecule has 0 bridgehead atoms. The Morgan fingerprint density at radius 3 is 2.89 bits per heavy atom. The van der Waals surface area contributed by atoms with Gasteiger partial charge in [0.05, 0.1) is 6.61 Å². The fourth-order valence-corrected chi connectivity index (χ4v) is 1.85. The molecule has 2 rings (SSSR count). The van der Waals surface area contributed by atoms with Gasteiger partial charge in [-0.3, -0.25) is 4.98 Å². The van der Waals surface area contributed by atoms with E-state index in [-0.39, 0.29) is 6.61 Å². The van der Waals surface area contributed by atoms with Crippen LogP contribution in [0.2, 0.25) is 0 Å². The molecule has 0 aliphatic rings. The van der Waals surface area contributed by atoms with E-state index in [1.54, 1.807) is 12.4 Å². The maximum absolute atomic E-state index is 8.67. The Hall–Kier alpha value is -1.55. The molecule has 1 aromatic heterocycles. The van der Waals surface area contributed by atoms with Crippen LogP contribution in [0, 0.1) is 0 Å². The second-order valence-corrected chi connectivity index (χ2v) is 4.24. The minimum atomic E-state index is 0.251. The molecule has 2 radical (unpaired) electrons. The zero-order chi connectivity index (χ0) is 12.8. The Kier molecular flexibility index (Phi) is 4.59. The molecular formula is C14H16BNO2. The van der Waals surface area contributed by atoms with E-state index >= 15 is 0 Å². The first kappa shape index (κ1) is 12.9. The summed E-state index contributed by atoms with van der Waals surface area (Å²) >= 11 is 0. The highest BCUT2D eigenvalue weighted by Crippen LogP contribution is 2.18. The molecule has 0 amide bonds. The third-order valence-corrected chi connectivity index (χ3v) is 2.83. The van der Waals surface area contributed by atoms with Crippen LogP contribution >= 0.6 is 0 Å². The number of unbranched alkanes of at least 4 members (excludes halogenated alkanes) is 2. The summed E-state index contributed by atoms with van der Waals surface area (Å²) in [6.07, 6.45) is 6.20. The molecule has 18 heavy (non-hydrogen) atoms. The topological polar surface area (TPSA) is 42.4 Å². The fraction of sp³-hybridized carbons (Fsp3) is 0.357. The van der Waals surface area contributed by atoms with Crippen LogP contribution in [0.15, 0.2) is 30.6 Å². The van der Waals surface area contributed by atoms with E-state index in [4.69, 9.17) is 17.7 Å². The number of aliphatic hydroxyl groups is 1. The minimum Gasteiger partial charge on any atom is -0.494 e. The Morgan fingerprint density at radius 2 is 2.06 bits per heavy atom. The van der Waals surface area contributed by atoms with Crippen molar-refractivity contribution in [1.29, 1.82) is 0 Å². The molecule has 0 unspecified atom stereocenters. The monoisotopic (exact) mass is 241 g/mol. The second-order valence-electron chi connectivity index (χ2n) is 4.24. The van der Waals surface area contributed by atoms with Crippen LogP contribution in [0.5, 0.6) is 5.75 Å². The zero-order valence-electron chi connectivity index (χ0n) is 10.3. The fourth-order valence-electron chi connectivity index (χ4n) is 1.85. The smallest absolute Gasteiger partial charge is 0.119 e. The van der Waals surface area contributed by atoms with E-state index in [9.17, 15) is 0 Å². The number of benzene rings is 1. The summed E-state index contributed by atoms with van der Waals surface area (Å²) in [6.45, 7) is 0.919. The van der Waals surface area contributed by atoms with E-state index in [0.717, 1.165) is 35.8 Å². The lowest BCUT2D eigenvalue weighted by Crippen LogP contribution is -2.04. The summed E-state index contributed by atoms with van der Waals surface area (Å²) in [5.74, 6) is 0.832. The Morgan fingerprint density at radius 1 is 1.17 bits per heavy atom. The maximum Gasteiger partial charge on any atom is 0.119 e. The van der Waals surface area contributed by atoms with Gasteiger partial charge in [0.1, 0.15) is 13.6 Å². The van der Waals surface area contributed by atoms with Crippen LogP contribution in [-0.4, -0.2) is 31.2 Å². The lowest BCUT2D eigenvalue weighted by Gasteiger charge is -2.08. The van der Waals surface area contributed by atoms with Crippen molar-refractivity contribution in [3.63, 3.8) is 0 Å². The molecule has 0 saturated heterocycles. The van der Waals surface area contributed by atoms with Crippen LogP contribution in [0.3, 0.4) is 0 Å². The number of aromatic nitrogens is 1. The summed E-state index contributed by atoms with van der Waals surface area (Å²) in [5.41, 5.74) is 0.682. The van der Waals surface area contributed by atoms with Crippen LogP contribution < -0.4 is 10.2 Å². The summed E-state index contributed by atoms with van der Waals surface area (Å²) in [7, 11) is 5.83. The van der Waals surface area contributed by atoms with Gasteiger partial charge < -0.3 is 9.84 Å². The largest absolute Gasteiger partial charge is 0.494 e. The van der Waals surface area contributed by atoms with Gasteiger partial charge in [0.25, 0.3) is 0 Å². The normalized spacial score (nSPS) is 10.7. The van der Waals surface area contributed by atoms with Crippen LogP contribution in [0.4, 0.5) is 0 Å². The predicted molar refractivity (Wildman–Crippen MR) is 73.6 cm³/mol. The Balaban J connectivity index is 1.98. The number of pyridine rings is 1. The molecule has 0 atom stereocenters. The van der Waals surface area contributed by atoms with Gasteiger partial charge in [-0.2, -0.15) is 0 Å². The first-order valence-corrected chi connectivity index (χ1v) is 6.18. The van der Waals surface area contributed by atoms with Crippen molar-refractivity contribution < 1.29 is 9.84 Å². The third-order valence-electron chi connectivity index (χ3n) is 2.83. The van der Waals surface area contributed by atoms with Crippen molar-refractivity contribution in [3.8, 4) is 5.75 Å². The van der Waals surface area contributed by atoms with Gasteiger partial charge in [-0.25, -0.2) is 0 Å². The van der Waals surface area contributed by atoms with Crippen LogP contribution in [0.1, 0.15) is 19.3 Å². The van der Waals surface area contributed by atoms with Gasteiger partial charge in [-0.05, 0) is 36.8 Å². The zero-order valence-corrected chi connectivity index (χ0v) is 10.3. The van der Waals surface area contributed by atoms with Crippen LogP contribution in [-0.2, 0) is 0 Å². The highest BCUT2D eigenvalue weighted by atomic mass is 16.5. The summed E-state index contributed by atoms with van der Waals surface area (Å²) < 4.78 is 5.65. The molecule has 0 aliphatic carbocycles. The first-order valence-electron chi connectivity index (χ1n) is 6.18. The van der Waals surface area contributed by atoms with Gasteiger partial charge >= 0.3 is 0 Å². The van der Waals surface area contributed by atoms with Crippen molar-refractivity contribution in [2.75, 3.05) is 13.2 Å². The van der Waals surface area contributed by atoms with Gasteiger partial charge in [0.15, 0.2) is 0 Å². The average Bonchev–Trinajstić information content (AvgIpc) is 2.39. The molecular weight excluding hydrogens is 225 g/mol. The summed E-state index contributed by atoms with van der Waals surface area (Å²) in [5, 5.41) is 10.7. The number of rotatable bonds is 6. The van der Waals surface area contributed by atoms with Crippen molar-refractivity contribution in [2.24, 2.45) is 0 Å². The molecule has 4 heteroatoms. The SMILES string of the molecule is [B]c1cncc2cc(OCCCCCO)ccc12. The van der Waals surface area contributed by atoms with E-state index in [0.29, 0.717) is 12.1 Å². The third kappa shape index (κ3) is 3.23. The van der Waals surface area contributed by atoms with Gasteiger partial charge in [0.2, 0.25) is 0 Å².